The van der Waals surface area contributed by atoms with Crippen molar-refractivity contribution < 1.29 is 31.1 Å². The summed E-state index contributed by atoms with van der Waals surface area (Å²) < 4.78 is 79.2. The number of carbonyl (C=O) groups is 1. The van der Waals surface area contributed by atoms with Crippen molar-refractivity contribution in [2.24, 2.45) is 0 Å². The molecule has 0 spiro atoms. The lowest BCUT2D eigenvalue weighted by molar-refractivity contribution is -0.143. The van der Waals surface area contributed by atoms with Gasteiger partial charge in [-0.3, -0.25) is 9.78 Å². The summed E-state index contributed by atoms with van der Waals surface area (Å²) in [5, 5.41) is 3.85. The van der Waals surface area contributed by atoms with Crippen molar-refractivity contribution in [2.45, 2.75) is 12.4 Å². The molecule has 0 atom stereocenters. The molecule has 2 heterocycles. The van der Waals surface area contributed by atoms with Crippen LogP contribution in [0, 0.1) is 0 Å². The number of carbonyl (C=O) groups excluding carboxylic acids is 1. The molecule has 0 bridgehead atoms. The molecule has 2 aromatic heterocycles. The second-order valence-electron chi connectivity index (χ2n) is 6.23. The predicted molar refractivity (Wildman–Crippen MR) is 99.5 cm³/mol. The van der Waals surface area contributed by atoms with Crippen molar-refractivity contribution >= 4 is 18.3 Å². The Morgan fingerprint density at radius 2 is 1.69 bits per heavy atom. The van der Waals surface area contributed by atoms with Gasteiger partial charge < -0.3 is 5.43 Å². The number of benzene rings is 1. The fourth-order valence-electron chi connectivity index (χ4n) is 2.44. The molecule has 8 nitrogen and oxygen atoms in total. The van der Waals surface area contributed by atoms with Crippen molar-refractivity contribution in [1.29, 1.82) is 0 Å². The SMILES string of the molecule is O=C/C(=C\n1cnc(-c2cc(C(F)(F)F)cc(C(F)(F)F)c2)n1)CNNc1cnccn1. The minimum atomic E-state index is -5.00. The van der Waals surface area contributed by atoms with Gasteiger partial charge >= 0.3 is 12.4 Å². The Labute approximate surface area is 176 Å². The topological polar surface area (TPSA) is 97.6 Å². The number of anilines is 1. The number of alkyl halides is 6. The number of hydrogen-bond acceptors (Lipinski definition) is 7. The van der Waals surface area contributed by atoms with E-state index in [1.54, 1.807) is 0 Å². The van der Waals surface area contributed by atoms with Crippen LogP contribution in [0.3, 0.4) is 0 Å². The quantitative estimate of drug-likeness (QED) is 0.243. The molecule has 3 aromatic rings. The molecule has 0 aliphatic rings. The van der Waals surface area contributed by atoms with Crippen LogP contribution in [0.2, 0.25) is 0 Å². The van der Waals surface area contributed by atoms with Gasteiger partial charge in [0, 0.05) is 36.3 Å². The van der Waals surface area contributed by atoms with Crippen LogP contribution < -0.4 is 10.9 Å². The van der Waals surface area contributed by atoms with Crippen molar-refractivity contribution in [2.75, 3.05) is 12.0 Å². The van der Waals surface area contributed by atoms with Gasteiger partial charge in [0.25, 0.3) is 0 Å². The lowest BCUT2D eigenvalue weighted by Crippen LogP contribution is -2.25. The first-order chi connectivity index (χ1) is 15.1. The van der Waals surface area contributed by atoms with Crippen LogP contribution in [-0.4, -0.2) is 37.6 Å². The van der Waals surface area contributed by atoms with E-state index in [0.717, 1.165) is 11.0 Å². The summed E-state index contributed by atoms with van der Waals surface area (Å²) in [5.74, 6) is -0.000417. The van der Waals surface area contributed by atoms with Crippen LogP contribution in [0.15, 0.2) is 48.7 Å². The highest BCUT2D eigenvalue weighted by atomic mass is 19.4. The molecule has 0 amide bonds. The minimum absolute atomic E-state index is 0.0146. The van der Waals surface area contributed by atoms with E-state index >= 15 is 0 Å². The van der Waals surface area contributed by atoms with Gasteiger partial charge in [-0.05, 0) is 18.2 Å². The molecule has 0 aliphatic heterocycles. The number of nitrogens with one attached hydrogen (secondary N) is 2. The van der Waals surface area contributed by atoms with E-state index in [-0.39, 0.29) is 24.0 Å². The number of hydrogen-bond donors (Lipinski definition) is 2. The molecule has 0 unspecified atom stereocenters. The molecule has 0 radical (unpaired) electrons. The molecule has 0 aliphatic carbocycles. The number of nitrogens with zero attached hydrogens (tertiary/aromatic N) is 5. The Morgan fingerprint density at radius 3 is 2.25 bits per heavy atom. The van der Waals surface area contributed by atoms with Gasteiger partial charge in [0.15, 0.2) is 11.6 Å². The van der Waals surface area contributed by atoms with Crippen molar-refractivity contribution in [3.8, 4) is 11.4 Å². The third kappa shape index (κ3) is 5.87. The van der Waals surface area contributed by atoms with Gasteiger partial charge in [-0.15, -0.1) is 5.10 Å². The number of aromatic nitrogens is 5. The Kier molecular flexibility index (Phi) is 6.53. The highest BCUT2D eigenvalue weighted by molar-refractivity contribution is 5.78. The van der Waals surface area contributed by atoms with Gasteiger partial charge in [0.1, 0.15) is 12.6 Å². The second kappa shape index (κ2) is 9.13. The Morgan fingerprint density at radius 1 is 1.00 bits per heavy atom. The van der Waals surface area contributed by atoms with E-state index in [4.69, 9.17) is 0 Å². The summed E-state index contributed by atoms with van der Waals surface area (Å²) >= 11 is 0. The zero-order chi connectivity index (χ0) is 23.4. The van der Waals surface area contributed by atoms with Crippen molar-refractivity contribution in [1.82, 2.24) is 30.2 Å². The molecule has 0 saturated heterocycles. The largest absolute Gasteiger partial charge is 0.416 e. The van der Waals surface area contributed by atoms with E-state index in [1.807, 2.05) is 0 Å². The predicted octanol–water partition coefficient (Wildman–Crippen LogP) is 3.43. The highest BCUT2D eigenvalue weighted by Crippen LogP contribution is 2.38. The molecule has 1 aromatic carbocycles. The molecule has 0 fully saturated rings. The van der Waals surface area contributed by atoms with Crippen molar-refractivity contribution in [3.63, 3.8) is 0 Å². The first-order valence-electron chi connectivity index (χ1n) is 8.68. The number of aldehydes is 1. The third-order valence-corrected chi connectivity index (χ3v) is 3.88. The maximum Gasteiger partial charge on any atom is 0.416 e. The average Bonchev–Trinajstić information content (AvgIpc) is 3.21. The van der Waals surface area contributed by atoms with Crippen LogP contribution in [0.4, 0.5) is 32.2 Å². The maximum atomic E-state index is 13.0. The molecule has 3 rings (SSSR count). The van der Waals surface area contributed by atoms with Crippen LogP contribution in [0.1, 0.15) is 11.1 Å². The molecule has 0 saturated carbocycles. The number of hydrazine groups is 1. The van der Waals surface area contributed by atoms with Gasteiger partial charge in [0.05, 0.1) is 17.3 Å². The Bertz CT molecular complexity index is 1080. The van der Waals surface area contributed by atoms with E-state index in [2.05, 4.69) is 30.9 Å². The first kappa shape index (κ1) is 22.9. The summed E-state index contributed by atoms with van der Waals surface area (Å²) in [6.07, 6.45) is -2.93. The highest BCUT2D eigenvalue weighted by Gasteiger charge is 2.37. The second-order valence-corrected chi connectivity index (χ2v) is 6.23. The van der Waals surface area contributed by atoms with Gasteiger partial charge in [-0.25, -0.2) is 20.1 Å². The van der Waals surface area contributed by atoms with E-state index in [9.17, 15) is 31.1 Å². The lowest BCUT2D eigenvalue weighted by atomic mass is 10.0. The number of rotatable bonds is 7. The fourth-order valence-corrected chi connectivity index (χ4v) is 2.44. The fraction of sp³-hybridized carbons (Fsp3) is 0.167. The van der Waals surface area contributed by atoms with E-state index in [1.165, 1.54) is 24.8 Å². The molecular weight excluding hydrogens is 444 g/mol. The standard InChI is InChI=1S/C18H13F6N7O/c19-17(20,21)13-3-12(4-14(5-13)18(22,23)24)16-27-10-31(30-16)8-11(9-32)6-28-29-15-7-25-1-2-26-15/h1-5,7-10,28H,6H2,(H,26,29)/b11-8-. The molecule has 168 valence electrons. The third-order valence-electron chi connectivity index (χ3n) is 3.88. The van der Waals surface area contributed by atoms with Crippen LogP contribution >= 0.6 is 0 Å². The summed E-state index contributed by atoms with van der Waals surface area (Å²) in [5.41, 5.74) is 2.07. The van der Waals surface area contributed by atoms with Gasteiger partial charge in [0.2, 0.25) is 0 Å². The molecule has 32 heavy (non-hydrogen) atoms. The first-order valence-corrected chi connectivity index (χ1v) is 8.68. The molecular formula is C18H13F6N7O. The summed E-state index contributed by atoms with van der Waals surface area (Å²) in [6.45, 7) is -0.0168. The van der Waals surface area contributed by atoms with Crippen LogP contribution in [0.25, 0.3) is 17.6 Å². The summed E-state index contributed by atoms with van der Waals surface area (Å²) in [7, 11) is 0. The van der Waals surface area contributed by atoms with Gasteiger partial charge in [-0.1, -0.05) is 0 Å². The normalized spacial score (nSPS) is 12.6. The zero-order valence-corrected chi connectivity index (χ0v) is 15.8. The Balaban J connectivity index is 1.81. The monoisotopic (exact) mass is 457 g/mol. The average molecular weight is 457 g/mol. The van der Waals surface area contributed by atoms with E-state index < -0.39 is 29.0 Å². The summed E-state index contributed by atoms with van der Waals surface area (Å²) in [4.78, 5) is 22.8. The Hall–Kier alpha value is -3.81. The van der Waals surface area contributed by atoms with Gasteiger partial charge in [-0.2, -0.15) is 26.3 Å². The minimum Gasteiger partial charge on any atom is -0.304 e. The van der Waals surface area contributed by atoms with Crippen LogP contribution in [-0.2, 0) is 17.1 Å². The van der Waals surface area contributed by atoms with Crippen molar-refractivity contribution in [3.05, 3.63) is 59.8 Å². The molecule has 2 N–H and O–H groups in total. The maximum absolute atomic E-state index is 13.0. The number of halogens is 6. The molecule has 14 heteroatoms. The smallest absolute Gasteiger partial charge is 0.304 e. The summed E-state index contributed by atoms with van der Waals surface area (Å²) in [6, 6.07) is 1.05. The lowest BCUT2D eigenvalue weighted by Gasteiger charge is -2.13. The van der Waals surface area contributed by atoms with Crippen LogP contribution in [0.5, 0.6) is 0 Å². The van der Waals surface area contributed by atoms with E-state index in [0.29, 0.717) is 24.2 Å². The zero-order valence-electron chi connectivity index (χ0n) is 15.8.